The number of carbonyl (C=O) groups is 1. The van der Waals surface area contributed by atoms with Crippen LogP contribution in [0.2, 0.25) is 5.02 Å². The molecule has 2 N–H and O–H groups in total. The number of rotatable bonds is 4. The van der Waals surface area contributed by atoms with Crippen LogP contribution in [0.5, 0.6) is 0 Å². The molecule has 6 nitrogen and oxygen atoms in total. The van der Waals surface area contributed by atoms with Gasteiger partial charge in [0.05, 0.1) is 12.7 Å². The number of hydrogen-bond donors (Lipinski definition) is 2. The molecule has 0 radical (unpaired) electrons. The van der Waals surface area contributed by atoms with Crippen LogP contribution >= 0.6 is 35.3 Å². The van der Waals surface area contributed by atoms with Crippen LogP contribution in [0.25, 0.3) is 0 Å². The zero-order valence-corrected chi connectivity index (χ0v) is 17.8. The van der Waals surface area contributed by atoms with Crippen molar-refractivity contribution in [1.82, 2.24) is 15.6 Å². The van der Waals surface area contributed by atoms with E-state index in [9.17, 15) is 9.18 Å². The summed E-state index contributed by atoms with van der Waals surface area (Å²) in [5.74, 6) is -0.270. The molecule has 0 bridgehead atoms. The van der Waals surface area contributed by atoms with Gasteiger partial charge in [-0.1, -0.05) is 17.7 Å². The summed E-state index contributed by atoms with van der Waals surface area (Å²) in [5, 5.41) is 9.40. The predicted octanol–water partition coefficient (Wildman–Crippen LogP) is 3.49. The summed E-state index contributed by atoms with van der Waals surface area (Å²) in [4.78, 5) is 21.8. The topological polar surface area (TPSA) is 75.6 Å². The van der Waals surface area contributed by atoms with E-state index in [1.165, 1.54) is 30.6 Å². The van der Waals surface area contributed by atoms with E-state index < -0.39 is 17.8 Å². The van der Waals surface area contributed by atoms with Gasteiger partial charge in [0.15, 0.2) is 10.8 Å². The maximum Gasteiger partial charge on any atom is 0.338 e. The smallest absolute Gasteiger partial charge is 0.338 e. The van der Waals surface area contributed by atoms with Crippen LogP contribution in [0.1, 0.15) is 23.0 Å². The molecule has 4 rings (SSSR count). The number of halogens is 3. The van der Waals surface area contributed by atoms with Gasteiger partial charge in [0.2, 0.25) is 0 Å². The van der Waals surface area contributed by atoms with Crippen LogP contribution in [0.15, 0.2) is 46.0 Å². The lowest BCUT2D eigenvalue weighted by molar-refractivity contribution is -0.136. The van der Waals surface area contributed by atoms with Crippen LogP contribution < -0.4 is 10.6 Å². The number of thiazole rings is 1. The quantitative estimate of drug-likeness (QED) is 0.688. The molecule has 0 amide bonds. The van der Waals surface area contributed by atoms with E-state index in [1.54, 1.807) is 12.3 Å². The van der Waals surface area contributed by atoms with Gasteiger partial charge in [-0.15, -0.1) is 23.7 Å². The zero-order chi connectivity index (χ0) is 19.7. The van der Waals surface area contributed by atoms with Crippen LogP contribution in [0.4, 0.5) is 4.39 Å². The Balaban J connectivity index is 0.00000240. The largest absolute Gasteiger partial charge is 0.466 e. The number of nitrogens with one attached hydrogen (secondary N) is 2. The van der Waals surface area contributed by atoms with Gasteiger partial charge in [0.1, 0.15) is 11.9 Å². The predicted molar refractivity (Wildman–Crippen MR) is 113 cm³/mol. The van der Waals surface area contributed by atoms with E-state index in [0.29, 0.717) is 22.0 Å². The number of esters is 1. The third kappa shape index (κ3) is 4.30. The molecule has 2 aliphatic heterocycles. The van der Waals surface area contributed by atoms with Gasteiger partial charge in [-0.25, -0.2) is 14.2 Å². The first-order valence-electron chi connectivity index (χ1n) is 8.81. The van der Waals surface area contributed by atoms with E-state index in [-0.39, 0.29) is 23.3 Å². The van der Waals surface area contributed by atoms with Crippen molar-refractivity contribution in [2.75, 3.05) is 20.2 Å². The standard InChI is InChI=1S/C19H18ClFN4O2S.ClH/c1-27-19(26)14-15(10-4-5-22-9-10)24-17(18-23-6-7-28-18)25-16(14)12-3-2-11(21)8-13(12)20;/h2-3,6-8,10,16,22H,4-5,9H2,1H3,(H,24,25);1H. The average Bonchev–Trinajstić information content (AvgIpc) is 3.40. The first-order valence-corrected chi connectivity index (χ1v) is 10.1. The van der Waals surface area contributed by atoms with E-state index in [0.717, 1.165) is 25.2 Å². The van der Waals surface area contributed by atoms with E-state index >= 15 is 0 Å². The number of amidine groups is 1. The van der Waals surface area contributed by atoms with Crippen molar-refractivity contribution >= 4 is 47.1 Å². The number of aliphatic imine (C=N–C) groups is 1. The SMILES string of the molecule is COC(=O)C1=C(C2CCNC2)NC(c2nccs2)=NC1c1ccc(F)cc1Cl.Cl. The fourth-order valence-electron chi connectivity index (χ4n) is 3.52. The Morgan fingerprint density at radius 3 is 2.86 bits per heavy atom. The molecule has 1 aromatic heterocycles. The Hall–Kier alpha value is -2.00. The lowest BCUT2D eigenvalue weighted by Crippen LogP contribution is -2.37. The molecule has 1 saturated heterocycles. The highest BCUT2D eigenvalue weighted by Gasteiger charge is 2.37. The third-order valence-electron chi connectivity index (χ3n) is 4.84. The number of hydrogen-bond acceptors (Lipinski definition) is 7. The van der Waals surface area contributed by atoms with Crippen molar-refractivity contribution in [3.8, 4) is 0 Å². The maximum absolute atomic E-state index is 13.6. The van der Waals surface area contributed by atoms with Gasteiger partial charge in [0.25, 0.3) is 0 Å². The van der Waals surface area contributed by atoms with E-state index in [4.69, 9.17) is 21.3 Å². The van der Waals surface area contributed by atoms with Gasteiger partial charge in [-0.05, 0) is 25.1 Å². The molecule has 10 heteroatoms. The highest BCUT2D eigenvalue weighted by Crippen LogP contribution is 2.38. The van der Waals surface area contributed by atoms with Gasteiger partial charge in [-0.3, -0.25) is 4.99 Å². The second kappa shape index (κ2) is 9.21. The summed E-state index contributed by atoms with van der Waals surface area (Å²) in [6, 6.07) is 3.39. The molecule has 29 heavy (non-hydrogen) atoms. The third-order valence-corrected chi connectivity index (χ3v) is 5.95. The minimum Gasteiger partial charge on any atom is -0.466 e. The molecule has 0 aliphatic carbocycles. The van der Waals surface area contributed by atoms with Crippen molar-refractivity contribution < 1.29 is 13.9 Å². The lowest BCUT2D eigenvalue weighted by atomic mass is 9.90. The number of nitrogens with zero attached hydrogens (tertiary/aromatic N) is 2. The molecule has 154 valence electrons. The van der Waals surface area contributed by atoms with Crippen molar-refractivity contribution in [3.63, 3.8) is 0 Å². The van der Waals surface area contributed by atoms with Crippen molar-refractivity contribution in [2.24, 2.45) is 10.9 Å². The Kier molecular flexibility index (Phi) is 6.89. The summed E-state index contributed by atoms with van der Waals surface area (Å²) in [6.07, 6.45) is 2.57. The summed E-state index contributed by atoms with van der Waals surface area (Å²) in [7, 11) is 1.34. The number of benzene rings is 1. The average molecular weight is 457 g/mol. The summed E-state index contributed by atoms with van der Waals surface area (Å²) < 4.78 is 18.7. The highest BCUT2D eigenvalue weighted by atomic mass is 35.5. The second-order valence-corrected chi connectivity index (χ2v) is 7.82. The van der Waals surface area contributed by atoms with Crippen molar-refractivity contribution in [3.05, 3.63) is 62.5 Å². The normalized spacial score (nSPS) is 21.3. The number of aromatic nitrogens is 1. The van der Waals surface area contributed by atoms with Gasteiger partial charge in [0, 0.05) is 40.3 Å². The van der Waals surface area contributed by atoms with E-state index in [1.807, 2.05) is 5.38 Å². The minimum atomic E-state index is -0.712. The van der Waals surface area contributed by atoms with Crippen LogP contribution in [-0.4, -0.2) is 37.0 Å². The number of methoxy groups -OCH3 is 1. The highest BCUT2D eigenvalue weighted by molar-refractivity contribution is 7.11. The lowest BCUT2D eigenvalue weighted by Gasteiger charge is -2.29. The molecular weight excluding hydrogens is 438 g/mol. The summed E-state index contributed by atoms with van der Waals surface area (Å²) in [6.45, 7) is 1.59. The number of carbonyl (C=O) groups excluding carboxylic acids is 1. The van der Waals surface area contributed by atoms with Gasteiger partial charge < -0.3 is 15.4 Å². The number of ether oxygens (including phenoxy) is 1. The maximum atomic E-state index is 13.6. The molecule has 0 spiro atoms. The molecule has 1 fully saturated rings. The Morgan fingerprint density at radius 1 is 1.41 bits per heavy atom. The molecule has 2 unspecified atom stereocenters. The van der Waals surface area contributed by atoms with Crippen molar-refractivity contribution in [2.45, 2.75) is 12.5 Å². The van der Waals surface area contributed by atoms with Gasteiger partial charge in [-0.2, -0.15) is 0 Å². The first-order chi connectivity index (χ1) is 13.6. The molecule has 2 atom stereocenters. The molecule has 0 saturated carbocycles. The minimum absolute atomic E-state index is 0. The molecule has 3 heterocycles. The van der Waals surface area contributed by atoms with Crippen molar-refractivity contribution in [1.29, 1.82) is 0 Å². The molecular formula is C19H19Cl2FN4O2S. The van der Waals surface area contributed by atoms with Crippen LogP contribution in [0, 0.1) is 11.7 Å². The fraction of sp³-hybridized carbons (Fsp3) is 0.316. The van der Waals surface area contributed by atoms with E-state index in [2.05, 4.69) is 15.6 Å². The molecule has 2 aliphatic rings. The summed E-state index contributed by atoms with van der Waals surface area (Å²) in [5.41, 5.74) is 1.69. The first kappa shape index (κ1) is 21.7. The Bertz CT molecular complexity index is 959. The molecule has 2 aromatic rings. The summed E-state index contributed by atoms with van der Waals surface area (Å²) >= 11 is 7.77. The Morgan fingerprint density at radius 2 is 2.24 bits per heavy atom. The molecule has 1 aromatic carbocycles. The van der Waals surface area contributed by atoms with Crippen LogP contribution in [-0.2, 0) is 9.53 Å². The second-order valence-electron chi connectivity index (χ2n) is 6.52. The van der Waals surface area contributed by atoms with Crippen LogP contribution in [0.3, 0.4) is 0 Å². The Labute approximate surface area is 182 Å². The zero-order valence-electron chi connectivity index (χ0n) is 15.4. The fourth-order valence-corrected chi connectivity index (χ4v) is 4.38. The monoisotopic (exact) mass is 456 g/mol. The van der Waals surface area contributed by atoms with Gasteiger partial charge >= 0.3 is 5.97 Å².